The van der Waals surface area contributed by atoms with Crippen LogP contribution in [0.15, 0.2) is 17.2 Å². The third-order valence-corrected chi connectivity index (χ3v) is 7.31. The van der Waals surface area contributed by atoms with Crippen molar-refractivity contribution in [3.8, 4) is 0 Å². The van der Waals surface area contributed by atoms with E-state index in [0.717, 1.165) is 49.9 Å². The zero-order valence-corrected chi connectivity index (χ0v) is 18.1. The van der Waals surface area contributed by atoms with Crippen molar-refractivity contribution in [1.82, 2.24) is 14.5 Å². The number of carbonyl (C=O) groups is 1. The minimum atomic E-state index is -0.924. The highest BCUT2D eigenvalue weighted by molar-refractivity contribution is 7.97. The van der Waals surface area contributed by atoms with Crippen molar-refractivity contribution in [2.75, 3.05) is 18.5 Å². The molecule has 1 aromatic heterocycles. The van der Waals surface area contributed by atoms with Gasteiger partial charge in [-0.2, -0.15) is 5.10 Å². The number of fused-ring (bicyclic) bond motifs is 2. The van der Waals surface area contributed by atoms with Gasteiger partial charge in [0.15, 0.2) is 0 Å². The minimum Gasteiger partial charge on any atom is -0.383 e. The van der Waals surface area contributed by atoms with Crippen molar-refractivity contribution in [3.63, 3.8) is 0 Å². The van der Waals surface area contributed by atoms with Crippen LogP contribution in [0.1, 0.15) is 53.6 Å². The number of rotatable bonds is 4. The molecule has 0 bridgehead atoms. The van der Waals surface area contributed by atoms with E-state index in [2.05, 4.69) is 21.2 Å². The summed E-state index contributed by atoms with van der Waals surface area (Å²) in [7, 11) is 1.82. The lowest BCUT2D eigenvalue weighted by Crippen LogP contribution is -2.35. The summed E-state index contributed by atoms with van der Waals surface area (Å²) in [5.74, 6) is 0. The summed E-state index contributed by atoms with van der Waals surface area (Å²) in [6, 6.07) is 3.99. The third kappa shape index (κ3) is 3.61. The van der Waals surface area contributed by atoms with Gasteiger partial charge >= 0.3 is 6.03 Å². The van der Waals surface area contributed by atoms with E-state index >= 15 is 0 Å². The highest BCUT2D eigenvalue weighted by Crippen LogP contribution is 2.39. The number of ether oxygens (including phenoxy) is 1. The molecule has 1 fully saturated rings. The zero-order chi connectivity index (χ0) is 20.7. The minimum absolute atomic E-state index is 0.230. The Kier molecular flexibility index (Phi) is 5.24. The van der Waals surface area contributed by atoms with E-state index in [9.17, 15) is 9.90 Å². The lowest BCUT2D eigenvalue weighted by molar-refractivity contribution is -0.0725. The molecule has 0 spiro atoms. The Morgan fingerprint density at radius 2 is 1.80 bits per heavy atom. The molecule has 2 heterocycles. The molecule has 0 atom stereocenters. The van der Waals surface area contributed by atoms with Crippen LogP contribution in [0.25, 0.3) is 0 Å². The van der Waals surface area contributed by atoms with E-state index < -0.39 is 5.60 Å². The zero-order valence-electron chi connectivity index (χ0n) is 17.3. The number of benzene rings is 1. The second-order valence-electron chi connectivity index (χ2n) is 8.53. The molecule has 3 N–H and O–H groups in total. The second kappa shape index (κ2) is 7.90. The monoisotopic (exact) mass is 428 g/mol. The summed E-state index contributed by atoms with van der Waals surface area (Å²) in [5.41, 5.74) is 6.31. The Bertz CT molecular complexity index is 949. The van der Waals surface area contributed by atoms with Crippen LogP contribution in [-0.4, -0.2) is 34.1 Å². The number of aliphatic hydroxyl groups is 1. The standard InChI is InChI=1S/C22H28N4O3S/c1-26-18(22(28)8-10-29-11-9-22)13-19(24-26)30-25-21(27)23-20-16-6-2-4-14(16)12-15-5-3-7-17(15)20/h12-13,28H,2-11H2,1H3,(H2,23,25,27). The molecule has 2 amide bonds. The van der Waals surface area contributed by atoms with Crippen LogP contribution >= 0.6 is 11.9 Å². The number of nitrogens with one attached hydrogen (secondary N) is 2. The van der Waals surface area contributed by atoms with Crippen LogP contribution in [0.3, 0.4) is 0 Å². The van der Waals surface area contributed by atoms with E-state index in [1.54, 1.807) is 4.68 Å². The topological polar surface area (TPSA) is 88.4 Å². The smallest absolute Gasteiger partial charge is 0.329 e. The summed E-state index contributed by atoms with van der Waals surface area (Å²) in [5, 5.41) is 19.2. The van der Waals surface area contributed by atoms with Crippen molar-refractivity contribution in [2.24, 2.45) is 7.05 Å². The van der Waals surface area contributed by atoms with Gasteiger partial charge in [-0.1, -0.05) is 6.07 Å². The van der Waals surface area contributed by atoms with E-state index in [-0.39, 0.29) is 6.03 Å². The number of aryl methyl sites for hydroxylation is 3. The SMILES string of the molecule is Cn1nc(SNC(=O)Nc2c3c(cc4c2CCC4)CCC3)cc1C1(O)CCOCC1. The molecule has 0 unspecified atom stereocenters. The van der Waals surface area contributed by atoms with Crippen molar-refractivity contribution in [1.29, 1.82) is 0 Å². The van der Waals surface area contributed by atoms with Crippen molar-refractivity contribution in [3.05, 3.63) is 40.1 Å². The largest absolute Gasteiger partial charge is 0.383 e. The van der Waals surface area contributed by atoms with Gasteiger partial charge in [-0.25, -0.2) is 4.79 Å². The summed E-state index contributed by atoms with van der Waals surface area (Å²) >= 11 is 1.18. The van der Waals surface area contributed by atoms with Gasteiger partial charge in [0.1, 0.15) is 10.6 Å². The van der Waals surface area contributed by atoms with Gasteiger partial charge in [-0.05, 0) is 66.8 Å². The Morgan fingerprint density at radius 3 is 2.47 bits per heavy atom. The summed E-state index contributed by atoms with van der Waals surface area (Å²) < 4.78 is 9.94. The van der Waals surface area contributed by atoms with Crippen LogP contribution in [-0.2, 0) is 43.1 Å². The van der Waals surface area contributed by atoms with Crippen LogP contribution in [0.2, 0.25) is 0 Å². The highest BCUT2D eigenvalue weighted by Gasteiger charge is 2.35. The lowest BCUT2D eigenvalue weighted by atomic mass is 9.91. The van der Waals surface area contributed by atoms with E-state index in [0.29, 0.717) is 31.1 Å². The first-order valence-electron chi connectivity index (χ1n) is 10.8. The lowest BCUT2D eigenvalue weighted by Gasteiger charge is -2.31. The molecule has 8 heteroatoms. The summed E-state index contributed by atoms with van der Waals surface area (Å²) in [4.78, 5) is 12.7. The van der Waals surface area contributed by atoms with Gasteiger partial charge in [0.2, 0.25) is 0 Å². The van der Waals surface area contributed by atoms with Crippen LogP contribution in [0, 0.1) is 0 Å². The first kappa shape index (κ1) is 19.9. The molecule has 2 aromatic rings. The molecule has 3 aliphatic rings. The van der Waals surface area contributed by atoms with Gasteiger partial charge in [-0.15, -0.1) is 0 Å². The molecule has 2 aliphatic carbocycles. The third-order valence-electron chi connectivity index (χ3n) is 6.61. The summed E-state index contributed by atoms with van der Waals surface area (Å²) in [6.07, 6.45) is 7.72. The Morgan fingerprint density at radius 1 is 1.13 bits per heavy atom. The molecule has 160 valence electrons. The van der Waals surface area contributed by atoms with E-state index in [1.165, 1.54) is 34.2 Å². The molecule has 1 aliphatic heterocycles. The van der Waals surface area contributed by atoms with Crippen molar-refractivity contribution >= 4 is 23.7 Å². The molecule has 1 saturated heterocycles. The fourth-order valence-electron chi connectivity index (χ4n) is 5.10. The number of anilines is 1. The van der Waals surface area contributed by atoms with Crippen molar-refractivity contribution in [2.45, 2.75) is 62.0 Å². The first-order valence-corrected chi connectivity index (χ1v) is 11.6. The van der Waals surface area contributed by atoms with Gasteiger partial charge in [0, 0.05) is 50.7 Å². The van der Waals surface area contributed by atoms with Crippen LogP contribution in [0.5, 0.6) is 0 Å². The number of nitrogens with zero attached hydrogens (tertiary/aromatic N) is 2. The second-order valence-corrected chi connectivity index (χ2v) is 9.35. The highest BCUT2D eigenvalue weighted by atomic mass is 32.2. The van der Waals surface area contributed by atoms with Crippen molar-refractivity contribution < 1.29 is 14.6 Å². The molecule has 7 nitrogen and oxygen atoms in total. The molecule has 5 rings (SSSR count). The molecule has 1 aromatic carbocycles. The molecular formula is C22H28N4O3S. The number of aromatic nitrogens is 2. The maximum Gasteiger partial charge on any atom is 0.329 e. The quantitative estimate of drug-likeness (QED) is 0.651. The van der Waals surface area contributed by atoms with E-state index in [1.807, 2.05) is 13.1 Å². The Hall–Kier alpha value is -2.03. The molecule has 0 saturated carbocycles. The van der Waals surface area contributed by atoms with Gasteiger partial charge in [0.25, 0.3) is 0 Å². The number of urea groups is 1. The van der Waals surface area contributed by atoms with Gasteiger partial charge in [-0.3, -0.25) is 9.40 Å². The Balaban J connectivity index is 1.28. The number of hydrogen-bond acceptors (Lipinski definition) is 5. The van der Waals surface area contributed by atoms with Crippen LogP contribution < -0.4 is 10.0 Å². The van der Waals surface area contributed by atoms with Gasteiger partial charge < -0.3 is 15.2 Å². The fraction of sp³-hybridized carbons (Fsp3) is 0.545. The number of hydrogen-bond donors (Lipinski definition) is 3. The predicted octanol–water partition coefficient (Wildman–Crippen LogP) is 3.22. The Labute approximate surface area is 180 Å². The first-order chi connectivity index (χ1) is 14.5. The fourth-order valence-corrected chi connectivity index (χ4v) is 5.68. The molecular weight excluding hydrogens is 400 g/mol. The predicted molar refractivity (Wildman–Crippen MR) is 116 cm³/mol. The maximum absolute atomic E-state index is 12.7. The normalized spacial score (nSPS) is 19.4. The molecule has 30 heavy (non-hydrogen) atoms. The average molecular weight is 429 g/mol. The van der Waals surface area contributed by atoms with Gasteiger partial charge in [0.05, 0.1) is 5.69 Å². The number of carbonyl (C=O) groups excluding carboxylic acids is 1. The maximum atomic E-state index is 12.7. The van der Waals surface area contributed by atoms with Crippen LogP contribution in [0.4, 0.5) is 10.5 Å². The average Bonchev–Trinajstić information content (AvgIpc) is 3.46. The number of amides is 2. The summed E-state index contributed by atoms with van der Waals surface area (Å²) in [6.45, 7) is 1.08. The van der Waals surface area contributed by atoms with E-state index in [4.69, 9.17) is 4.74 Å². The molecule has 0 radical (unpaired) electrons.